The zero-order valence-electron chi connectivity index (χ0n) is 10.4. The highest BCUT2D eigenvalue weighted by molar-refractivity contribution is 5.98. The molecule has 0 unspecified atom stereocenters. The van der Waals surface area contributed by atoms with Gasteiger partial charge in [0.15, 0.2) is 0 Å². The third kappa shape index (κ3) is 2.00. The van der Waals surface area contributed by atoms with E-state index in [1.807, 2.05) is 0 Å². The molecule has 2 rings (SSSR count). The minimum atomic E-state index is -0.836. The van der Waals surface area contributed by atoms with E-state index in [1.54, 1.807) is 26.1 Å². The lowest BCUT2D eigenvalue weighted by molar-refractivity contribution is -0.166. The normalized spacial score (nSPS) is 17.1. The molecule has 1 N–H and O–H groups in total. The molecule has 0 saturated carbocycles. The summed E-state index contributed by atoms with van der Waals surface area (Å²) in [4.78, 5) is 13.7. The summed E-state index contributed by atoms with van der Waals surface area (Å²) in [7, 11) is 1.62. The van der Waals surface area contributed by atoms with E-state index >= 15 is 0 Å². The van der Waals surface area contributed by atoms with Crippen molar-refractivity contribution in [3.63, 3.8) is 0 Å². The number of carbonyl (C=O) groups excluding carboxylic acids is 1. The predicted octanol–water partition coefficient (Wildman–Crippen LogP) is 1.11. The topological polar surface area (TPSA) is 49.8 Å². The number of aryl methyl sites for hydroxylation is 1. The van der Waals surface area contributed by atoms with Gasteiger partial charge in [-0.15, -0.1) is 0 Å². The zero-order valence-corrected chi connectivity index (χ0v) is 10.4. The fourth-order valence-corrected chi connectivity index (χ4v) is 1.94. The third-order valence-electron chi connectivity index (χ3n) is 3.35. The van der Waals surface area contributed by atoms with Gasteiger partial charge in [-0.2, -0.15) is 0 Å². The van der Waals surface area contributed by atoms with Crippen molar-refractivity contribution in [1.29, 1.82) is 0 Å². The maximum atomic E-state index is 13.2. The molecule has 1 aliphatic heterocycles. The molecule has 0 atom stereocenters. The van der Waals surface area contributed by atoms with Crippen LogP contribution in [-0.2, 0) is 9.53 Å². The van der Waals surface area contributed by atoms with Crippen molar-refractivity contribution in [2.24, 2.45) is 5.41 Å². The predicted molar refractivity (Wildman–Crippen MR) is 64.9 cm³/mol. The first-order valence-electron chi connectivity index (χ1n) is 5.73. The van der Waals surface area contributed by atoms with E-state index in [0.717, 1.165) is 0 Å². The summed E-state index contributed by atoms with van der Waals surface area (Å²) in [5, 5.41) is 9.31. The van der Waals surface area contributed by atoms with Crippen molar-refractivity contribution >= 4 is 11.6 Å². The van der Waals surface area contributed by atoms with Crippen LogP contribution in [0.3, 0.4) is 0 Å². The second-order valence-corrected chi connectivity index (χ2v) is 4.73. The first-order chi connectivity index (χ1) is 8.50. The van der Waals surface area contributed by atoms with Gasteiger partial charge in [0.1, 0.15) is 11.2 Å². The van der Waals surface area contributed by atoms with Gasteiger partial charge in [-0.25, -0.2) is 4.39 Å². The third-order valence-corrected chi connectivity index (χ3v) is 3.35. The Hall–Kier alpha value is -1.46. The molecular weight excluding hydrogens is 237 g/mol. The Labute approximate surface area is 105 Å². The fraction of sp³-hybridized carbons (Fsp3) is 0.462. The van der Waals surface area contributed by atoms with E-state index in [1.165, 1.54) is 11.0 Å². The van der Waals surface area contributed by atoms with Crippen LogP contribution in [0.4, 0.5) is 10.1 Å². The van der Waals surface area contributed by atoms with Gasteiger partial charge in [-0.1, -0.05) is 0 Å². The number of nitrogens with zero attached hydrogens (tertiary/aromatic N) is 1. The molecule has 1 aromatic rings. The Morgan fingerprint density at radius 2 is 2.22 bits per heavy atom. The molecule has 1 aromatic carbocycles. The number of ether oxygens (including phenoxy) is 1. The lowest BCUT2D eigenvalue weighted by Gasteiger charge is -2.40. The molecule has 1 fully saturated rings. The largest absolute Gasteiger partial charge is 0.395 e. The van der Waals surface area contributed by atoms with Gasteiger partial charge in [0, 0.05) is 12.7 Å². The monoisotopic (exact) mass is 253 g/mol. The molecule has 5 heteroatoms. The standard InChI is InChI=1S/C13H16FNO3/c1-9-5-10(3-4-11(9)14)15(2)12(17)13(6-16)7-18-8-13/h3-5,16H,6-8H2,1-2H3. The van der Waals surface area contributed by atoms with Crippen molar-refractivity contribution < 1.29 is 19.0 Å². The highest BCUT2D eigenvalue weighted by atomic mass is 19.1. The van der Waals surface area contributed by atoms with Crippen LogP contribution in [0.15, 0.2) is 18.2 Å². The summed E-state index contributed by atoms with van der Waals surface area (Å²) < 4.78 is 18.2. The van der Waals surface area contributed by atoms with Crippen molar-refractivity contribution in [1.82, 2.24) is 0 Å². The number of rotatable bonds is 3. The number of carbonyl (C=O) groups is 1. The second-order valence-electron chi connectivity index (χ2n) is 4.73. The van der Waals surface area contributed by atoms with E-state index in [9.17, 15) is 14.3 Å². The maximum Gasteiger partial charge on any atom is 0.239 e. The minimum Gasteiger partial charge on any atom is -0.395 e. The molecule has 0 spiro atoms. The van der Waals surface area contributed by atoms with E-state index in [-0.39, 0.29) is 31.5 Å². The Balaban J connectivity index is 2.22. The van der Waals surface area contributed by atoms with Gasteiger partial charge in [-0.3, -0.25) is 4.79 Å². The molecule has 1 saturated heterocycles. The van der Waals surface area contributed by atoms with Gasteiger partial charge in [0.05, 0.1) is 19.8 Å². The molecule has 98 valence electrons. The first-order valence-corrected chi connectivity index (χ1v) is 5.73. The zero-order chi connectivity index (χ0) is 13.3. The molecule has 0 aliphatic carbocycles. The molecule has 4 nitrogen and oxygen atoms in total. The second kappa shape index (κ2) is 4.66. The summed E-state index contributed by atoms with van der Waals surface area (Å²) in [5.41, 5.74) is 0.255. The first kappa shape index (κ1) is 13.0. The molecule has 1 amide bonds. The van der Waals surface area contributed by atoms with Crippen LogP contribution < -0.4 is 4.90 Å². The Morgan fingerprint density at radius 3 is 2.67 bits per heavy atom. The number of amides is 1. The van der Waals surface area contributed by atoms with Crippen molar-refractivity contribution in [2.45, 2.75) is 6.92 Å². The summed E-state index contributed by atoms with van der Waals surface area (Å²) >= 11 is 0. The molecule has 1 heterocycles. The quantitative estimate of drug-likeness (QED) is 0.877. The van der Waals surface area contributed by atoms with Crippen LogP contribution in [0.5, 0.6) is 0 Å². The summed E-state index contributed by atoms with van der Waals surface area (Å²) in [6.07, 6.45) is 0. The molecule has 18 heavy (non-hydrogen) atoms. The minimum absolute atomic E-state index is 0.206. The number of aliphatic hydroxyl groups excluding tert-OH is 1. The SMILES string of the molecule is Cc1cc(N(C)C(=O)C2(CO)COC2)ccc1F. The fourth-order valence-electron chi connectivity index (χ4n) is 1.94. The van der Waals surface area contributed by atoms with Crippen molar-refractivity contribution in [3.05, 3.63) is 29.6 Å². The van der Waals surface area contributed by atoms with E-state index in [0.29, 0.717) is 11.3 Å². The van der Waals surface area contributed by atoms with Crippen molar-refractivity contribution in [3.8, 4) is 0 Å². The summed E-state index contributed by atoms with van der Waals surface area (Å²) in [6.45, 7) is 1.86. The molecule has 1 aliphatic rings. The Kier molecular flexibility index (Phi) is 3.36. The maximum absolute atomic E-state index is 13.2. The number of benzene rings is 1. The lowest BCUT2D eigenvalue weighted by atomic mass is 9.85. The number of hydrogen-bond donors (Lipinski definition) is 1. The average molecular weight is 253 g/mol. The average Bonchev–Trinajstić information content (AvgIpc) is 2.31. The molecule has 0 aromatic heterocycles. The number of aliphatic hydroxyl groups is 1. The van der Waals surface area contributed by atoms with Gasteiger partial charge in [-0.05, 0) is 30.7 Å². The Bertz CT molecular complexity index is 466. The van der Waals surface area contributed by atoms with E-state index in [4.69, 9.17) is 4.74 Å². The Morgan fingerprint density at radius 1 is 1.56 bits per heavy atom. The molecular formula is C13H16FNO3. The van der Waals surface area contributed by atoms with Crippen LogP contribution in [0.25, 0.3) is 0 Å². The van der Waals surface area contributed by atoms with Gasteiger partial charge < -0.3 is 14.7 Å². The van der Waals surface area contributed by atoms with Crippen LogP contribution in [0.2, 0.25) is 0 Å². The van der Waals surface area contributed by atoms with Crippen LogP contribution in [0, 0.1) is 18.2 Å². The number of halogens is 1. The highest BCUT2D eigenvalue weighted by Gasteiger charge is 2.47. The smallest absolute Gasteiger partial charge is 0.239 e. The molecule has 0 radical (unpaired) electrons. The van der Waals surface area contributed by atoms with Gasteiger partial charge in [0.2, 0.25) is 5.91 Å². The molecule has 0 bridgehead atoms. The van der Waals surface area contributed by atoms with Crippen LogP contribution in [-0.4, -0.2) is 37.9 Å². The lowest BCUT2D eigenvalue weighted by Crippen LogP contribution is -2.56. The van der Waals surface area contributed by atoms with Gasteiger partial charge in [0.25, 0.3) is 0 Å². The number of hydrogen-bond acceptors (Lipinski definition) is 3. The van der Waals surface area contributed by atoms with E-state index in [2.05, 4.69) is 0 Å². The highest BCUT2D eigenvalue weighted by Crippen LogP contribution is 2.31. The van der Waals surface area contributed by atoms with Gasteiger partial charge >= 0.3 is 0 Å². The van der Waals surface area contributed by atoms with Crippen molar-refractivity contribution in [2.75, 3.05) is 31.8 Å². The van der Waals surface area contributed by atoms with Crippen LogP contribution >= 0.6 is 0 Å². The summed E-state index contributed by atoms with van der Waals surface area (Å²) in [5.74, 6) is -0.509. The van der Waals surface area contributed by atoms with E-state index < -0.39 is 5.41 Å². The number of anilines is 1. The summed E-state index contributed by atoms with van der Waals surface area (Å²) in [6, 6.07) is 4.49. The van der Waals surface area contributed by atoms with Crippen LogP contribution in [0.1, 0.15) is 5.56 Å².